The van der Waals surface area contributed by atoms with Crippen molar-refractivity contribution in [3.63, 3.8) is 0 Å². The Balaban J connectivity index is 2.03. The molecule has 0 radical (unpaired) electrons. The third kappa shape index (κ3) is 2.21. The van der Waals surface area contributed by atoms with Gasteiger partial charge in [0.15, 0.2) is 0 Å². The lowest BCUT2D eigenvalue weighted by Gasteiger charge is -2.19. The number of hydrogen-bond acceptors (Lipinski definition) is 5. The number of pyridine rings is 2. The third-order valence-electron chi connectivity index (χ3n) is 3.71. The number of hydrogen-bond donors (Lipinski definition) is 1. The Hall–Kier alpha value is -1.88. The first-order valence-electron chi connectivity index (χ1n) is 6.56. The van der Waals surface area contributed by atoms with E-state index in [4.69, 9.17) is 10.5 Å². The number of anilines is 1. The van der Waals surface area contributed by atoms with Crippen molar-refractivity contribution in [1.82, 2.24) is 9.97 Å². The fraction of sp³-hybridized carbons (Fsp3) is 0.429. The van der Waals surface area contributed by atoms with Crippen molar-refractivity contribution in [3.8, 4) is 5.88 Å². The maximum atomic E-state index is 5.76. The lowest BCUT2D eigenvalue weighted by Crippen LogP contribution is -2.23. The molecule has 2 aromatic heterocycles. The summed E-state index contributed by atoms with van der Waals surface area (Å²) in [5.41, 5.74) is 8.68. The number of nitrogens with zero attached hydrogens (tertiary/aromatic N) is 3. The van der Waals surface area contributed by atoms with Crippen molar-refractivity contribution in [3.05, 3.63) is 24.4 Å². The molecule has 1 saturated heterocycles. The van der Waals surface area contributed by atoms with Gasteiger partial charge in [0.25, 0.3) is 0 Å². The van der Waals surface area contributed by atoms with Crippen LogP contribution in [0.2, 0.25) is 0 Å². The monoisotopic (exact) mass is 258 g/mol. The van der Waals surface area contributed by atoms with Crippen LogP contribution in [0.3, 0.4) is 0 Å². The molecular formula is C14H18N4O. The molecule has 1 atom stereocenters. The molecule has 2 aromatic rings. The number of ether oxygens (including phenoxy) is 1. The van der Waals surface area contributed by atoms with Gasteiger partial charge in [-0.15, -0.1) is 0 Å². The zero-order chi connectivity index (χ0) is 13.2. The summed E-state index contributed by atoms with van der Waals surface area (Å²) in [6, 6.07) is 5.81. The van der Waals surface area contributed by atoms with Gasteiger partial charge in [-0.3, -0.25) is 4.98 Å². The van der Waals surface area contributed by atoms with Gasteiger partial charge in [-0.05, 0) is 31.0 Å². The topological polar surface area (TPSA) is 64.3 Å². The smallest absolute Gasteiger partial charge is 0.213 e. The summed E-state index contributed by atoms with van der Waals surface area (Å²) in [7, 11) is 1.63. The average Bonchev–Trinajstić information content (AvgIpc) is 2.94. The van der Waals surface area contributed by atoms with Gasteiger partial charge in [-0.25, -0.2) is 4.98 Å². The molecule has 0 aromatic carbocycles. The number of rotatable bonds is 3. The van der Waals surface area contributed by atoms with E-state index >= 15 is 0 Å². The van der Waals surface area contributed by atoms with Crippen molar-refractivity contribution < 1.29 is 4.74 Å². The average molecular weight is 258 g/mol. The normalized spacial score (nSPS) is 19.1. The van der Waals surface area contributed by atoms with E-state index < -0.39 is 0 Å². The fourth-order valence-electron chi connectivity index (χ4n) is 2.61. The highest BCUT2D eigenvalue weighted by Crippen LogP contribution is 2.29. The molecule has 1 aliphatic rings. The van der Waals surface area contributed by atoms with Gasteiger partial charge in [-0.2, -0.15) is 0 Å². The van der Waals surface area contributed by atoms with Gasteiger partial charge in [0.1, 0.15) is 5.52 Å². The molecule has 5 nitrogen and oxygen atoms in total. The van der Waals surface area contributed by atoms with E-state index in [1.165, 1.54) is 0 Å². The largest absolute Gasteiger partial charge is 0.481 e. The van der Waals surface area contributed by atoms with E-state index in [0.29, 0.717) is 11.8 Å². The molecule has 0 amide bonds. The summed E-state index contributed by atoms with van der Waals surface area (Å²) in [6.45, 7) is 2.77. The van der Waals surface area contributed by atoms with E-state index in [-0.39, 0.29) is 0 Å². The predicted octanol–water partition coefficient (Wildman–Crippen LogP) is 1.42. The van der Waals surface area contributed by atoms with Gasteiger partial charge >= 0.3 is 0 Å². The van der Waals surface area contributed by atoms with E-state index in [1.807, 2.05) is 24.4 Å². The van der Waals surface area contributed by atoms with Gasteiger partial charge in [0, 0.05) is 25.4 Å². The fourth-order valence-corrected chi connectivity index (χ4v) is 2.61. The highest BCUT2D eigenvalue weighted by molar-refractivity contribution is 5.88. The van der Waals surface area contributed by atoms with E-state index in [0.717, 1.165) is 42.8 Å². The summed E-state index contributed by atoms with van der Waals surface area (Å²) in [6.07, 6.45) is 2.98. The van der Waals surface area contributed by atoms with Crippen LogP contribution in [-0.2, 0) is 0 Å². The minimum Gasteiger partial charge on any atom is -0.481 e. The molecular weight excluding hydrogens is 240 g/mol. The zero-order valence-corrected chi connectivity index (χ0v) is 11.0. The van der Waals surface area contributed by atoms with Crippen molar-refractivity contribution in [2.45, 2.75) is 6.42 Å². The molecule has 19 heavy (non-hydrogen) atoms. The molecule has 0 spiro atoms. The van der Waals surface area contributed by atoms with Crippen molar-refractivity contribution in [2.24, 2.45) is 11.7 Å². The molecule has 3 rings (SSSR count). The molecule has 0 saturated carbocycles. The molecule has 100 valence electrons. The van der Waals surface area contributed by atoms with E-state index in [1.54, 1.807) is 7.11 Å². The van der Waals surface area contributed by atoms with Crippen LogP contribution in [0.5, 0.6) is 5.88 Å². The van der Waals surface area contributed by atoms with Crippen LogP contribution in [0.1, 0.15) is 6.42 Å². The second kappa shape index (κ2) is 5.01. The first-order chi connectivity index (χ1) is 9.31. The molecule has 1 fully saturated rings. The quantitative estimate of drug-likeness (QED) is 0.902. The maximum absolute atomic E-state index is 5.76. The number of aromatic nitrogens is 2. The molecule has 1 aliphatic heterocycles. The van der Waals surface area contributed by atoms with Crippen molar-refractivity contribution >= 4 is 16.7 Å². The Labute approximate surface area is 112 Å². The summed E-state index contributed by atoms with van der Waals surface area (Å²) < 4.78 is 5.20. The highest BCUT2D eigenvalue weighted by Gasteiger charge is 2.23. The molecule has 5 heteroatoms. The van der Waals surface area contributed by atoms with Crippen LogP contribution >= 0.6 is 0 Å². The Morgan fingerprint density at radius 1 is 1.42 bits per heavy atom. The lowest BCUT2D eigenvalue weighted by atomic mass is 10.1. The molecule has 3 heterocycles. The zero-order valence-electron chi connectivity index (χ0n) is 11.0. The van der Waals surface area contributed by atoms with Crippen LogP contribution < -0.4 is 15.4 Å². The van der Waals surface area contributed by atoms with Gasteiger partial charge < -0.3 is 15.4 Å². The lowest BCUT2D eigenvalue weighted by molar-refractivity contribution is 0.399. The second-order valence-corrected chi connectivity index (χ2v) is 4.89. The van der Waals surface area contributed by atoms with Crippen LogP contribution in [0.25, 0.3) is 11.0 Å². The van der Waals surface area contributed by atoms with Gasteiger partial charge in [0.05, 0.1) is 18.3 Å². The summed E-state index contributed by atoms with van der Waals surface area (Å²) in [4.78, 5) is 11.2. The SMILES string of the molecule is COc1ccc2nccc(N3CCC(CN)C3)c2n1. The van der Waals surface area contributed by atoms with Gasteiger partial charge in [0.2, 0.25) is 5.88 Å². The standard InChI is InChI=1S/C14H18N4O/c1-19-13-3-2-11-14(17-13)12(4-6-16-11)18-7-5-10(8-15)9-18/h2-4,6,10H,5,7-9,15H2,1H3. The number of fused-ring (bicyclic) bond motifs is 1. The van der Waals surface area contributed by atoms with Crippen LogP contribution in [0.4, 0.5) is 5.69 Å². The van der Waals surface area contributed by atoms with Crippen LogP contribution in [0, 0.1) is 5.92 Å². The second-order valence-electron chi connectivity index (χ2n) is 4.89. The summed E-state index contributed by atoms with van der Waals surface area (Å²) in [5.74, 6) is 1.20. The third-order valence-corrected chi connectivity index (χ3v) is 3.71. The maximum Gasteiger partial charge on any atom is 0.213 e. The summed E-state index contributed by atoms with van der Waals surface area (Å²) in [5, 5.41) is 0. The number of methoxy groups -OCH3 is 1. The molecule has 1 unspecified atom stereocenters. The van der Waals surface area contributed by atoms with E-state index in [9.17, 15) is 0 Å². The molecule has 0 bridgehead atoms. The van der Waals surface area contributed by atoms with Crippen LogP contribution in [0.15, 0.2) is 24.4 Å². The molecule has 2 N–H and O–H groups in total. The minimum atomic E-state index is 0.578. The van der Waals surface area contributed by atoms with Crippen molar-refractivity contribution in [1.29, 1.82) is 0 Å². The Morgan fingerprint density at radius 2 is 2.32 bits per heavy atom. The highest BCUT2D eigenvalue weighted by atomic mass is 16.5. The van der Waals surface area contributed by atoms with Crippen LogP contribution in [-0.4, -0.2) is 36.7 Å². The Morgan fingerprint density at radius 3 is 3.05 bits per heavy atom. The minimum absolute atomic E-state index is 0.578. The first-order valence-corrected chi connectivity index (χ1v) is 6.56. The van der Waals surface area contributed by atoms with Gasteiger partial charge in [-0.1, -0.05) is 0 Å². The predicted molar refractivity (Wildman–Crippen MR) is 75.5 cm³/mol. The summed E-state index contributed by atoms with van der Waals surface area (Å²) >= 11 is 0. The molecule has 0 aliphatic carbocycles. The van der Waals surface area contributed by atoms with E-state index in [2.05, 4.69) is 14.9 Å². The van der Waals surface area contributed by atoms with Crippen molar-refractivity contribution in [2.75, 3.05) is 31.6 Å². The first kappa shape index (κ1) is 12.2. The Bertz CT molecular complexity index is 587. The number of nitrogens with two attached hydrogens (primary N) is 1. The Kier molecular flexibility index (Phi) is 3.21.